The quantitative estimate of drug-likeness (QED) is 0.734. The molecule has 5 nitrogen and oxygen atoms in total. The van der Waals surface area contributed by atoms with E-state index in [2.05, 4.69) is 16.5 Å². The topological polar surface area (TPSA) is 62.9 Å². The molecule has 1 rings (SSSR count). The van der Waals surface area contributed by atoms with E-state index in [1.165, 1.54) is 0 Å². The van der Waals surface area contributed by atoms with Crippen LogP contribution in [-0.2, 0) is 11.8 Å². The van der Waals surface area contributed by atoms with Crippen molar-refractivity contribution in [2.75, 3.05) is 25.6 Å². The van der Waals surface area contributed by atoms with Crippen molar-refractivity contribution in [3.05, 3.63) is 11.3 Å². The molecule has 0 fully saturated rings. The second-order valence-corrected chi connectivity index (χ2v) is 4.02. The lowest BCUT2D eigenvalue weighted by atomic mass is 10.2. The van der Waals surface area contributed by atoms with Gasteiger partial charge in [0.05, 0.1) is 5.69 Å². The Balaban J connectivity index is 2.39. The zero-order valence-corrected chi connectivity index (χ0v) is 10.8. The average molecular weight is 236 g/mol. The van der Waals surface area contributed by atoms with Gasteiger partial charge in [0.15, 0.2) is 0 Å². The van der Waals surface area contributed by atoms with E-state index < -0.39 is 0 Å². The highest BCUT2D eigenvalue weighted by Crippen LogP contribution is 2.17. The van der Waals surface area contributed by atoms with Crippen LogP contribution < -0.4 is 5.32 Å². The summed E-state index contributed by atoms with van der Waals surface area (Å²) in [6, 6.07) is 2.18. The Kier molecular flexibility index (Phi) is 5.50. The van der Waals surface area contributed by atoms with E-state index in [1.54, 1.807) is 11.8 Å². The Morgan fingerprint density at radius 1 is 1.41 bits per heavy atom. The summed E-state index contributed by atoms with van der Waals surface area (Å²) in [6.07, 6.45) is 3.27. The van der Waals surface area contributed by atoms with Crippen LogP contribution in [0.2, 0.25) is 0 Å². The van der Waals surface area contributed by atoms with Crippen LogP contribution in [0.15, 0.2) is 0 Å². The standard InChI is InChI=1S/C12H20N4O/c1-10-11(9-13)12(16(2)15-10)14-7-5-4-6-8-17-3/h14H,4-8H2,1-3H3. The molecule has 94 valence electrons. The van der Waals surface area contributed by atoms with E-state index in [-0.39, 0.29) is 0 Å². The molecule has 1 aromatic heterocycles. The summed E-state index contributed by atoms with van der Waals surface area (Å²) in [7, 11) is 3.57. The molecule has 1 heterocycles. The highest BCUT2D eigenvalue weighted by molar-refractivity contribution is 5.54. The summed E-state index contributed by atoms with van der Waals surface area (Å²) in [6.45, 7) is 3.52. The number of rotatable bonds is 7. The van der Waals surface area contributed by atoms with Crippen molar-refractivity contribution < 1.29 is 4.74 Å². The highest BCUT2D eigenvalue weighted by atomic mass is 16.5. The first kappa shape index (κ1) is 13.5. The van der Waals surface area contributed by atoms with Gasteiger partial charge < -0.3 is 10.1 Å². The smallest absolute Gasteiger partial charge is 0.142 e. The number of aromatic nitrogens is 2. The first-order valence-electron chi connectivity index (χ1n) is 5.87. The fraction of sp³-hybridized carbons (Fsp3) is 0.667. The molecular weight excluding hydrogens is 216 g/mol. The van der Waals surface area contributed by atoms with Gasteiger partial charge in [-0.3, -0.25) is 4.68 Å². The largest absolute Gasteiger partial charge is 0.385 e. The normalized spacial score (nSPS) is 10.2. The molecule has 0 radical (unpaired) electrons. The van der Waals surface area contributed by atoms with Crippen molar-refractivity contribution in [2.24, 2.45) is 7.05 Å². The maximum absolute atomic E-state index is 9.03. The third-order valence-corrected chi connectivity index (χ3v) is 2.65. The van der Waals surface area contributed by atoms with Gasteiger partial charge in [-0.05, 0) is 26.2 Å². The molecular formula is C12H20N4O. The molecule has 0 atom stereocenters. The molecule has 0 bridgehead atoms. The zero-order chi connectivity index (χ0) is 12.7. The lowest BCUT2D eigenvalue weighted by molar-refractivity contribution is 0.192. The minimum absolute atomic E-state index is 0.643. The van der Waals surface area contributed by atoms with E-state index in [0.717, 1.165) is 43.9 Å². The van der Waals surface area contributed by atoms with Gasteiger partial charge >= 0.3 is 0 Å². The molecule has 17 heavy (non-hydrogen) atoms. The van der Waals surface area contributed by atoms with Crippen molar-refractivity contribution in [3.63, 3.8) is 0 Å². The minimum atomic E-state index is 0.643. The Labute approximate surface area is 102 Å². The van der Waals surface area contributed by atoms with E-state index in [9.17, 15) is 0 Å². The molecule has 5 heteroatoms. The van der Waals surface area contributed by atoms with Gasteiger partial charge in [-0.1, -0.05) is 0 Å². The van der Waals surface area contributed by atoms with E-state index in [0.29, 0.717) is 5.56 Å². The van der Waals surface area contributed by atoms with Crippen LogP contribution in [0.5, 0.6) is 0 Å². The number of anilines is 1. The molecule has 0 saturated heterocycles. The molecule has 0 aliphatic rings. The third-order valence-electron chi connectivity index (χ3n) is 2.65. The SMILES string of the molecule is COCCCCCNc1c(C#N)c(C)nn1C. The highest BCUT2D eigenvalue weighted by Gasteiger charge is 2.11. The Morgan fingerprint density at radius 3 is 2.82 bits per heavy atom. The molecule has 0 spiro atoms. The minimum Gasteiger partial charge on any atom is -0.385 e. The molecule has 0 aliphatic carbocycles. The number of hydrogen-bond acceptors (Lipinski definition) is 4. The van der Waals surface area contributed by atoms with E-state index in [1.807, 2.05) is 14.0 Å². The summed E-state index contributed by atoms with van der Waals surface area (Å²) < 4.78 is 6.71. The van der Waals surface area contributed by atoms with Crippen LogP contribution in [0.1, 0.15) is 30.5 Å². The summed E-state index contributed by atoms with van der Waals surface area (Å²) in [5.74, 6) is 0.816. The number of ether oxygens (including phenoxy) is 1. The van der Waals surface area contributed by atoms with Gasteiger partial charge in [0.2, 0.25) is 0 Å². The molecule has 0 amide bonds. The Hall–Kier alpha value is -1.54. The molecule has 1 aromatic rings. The number of aryl methyl sites for hydroxylation is 2. The van der Waals surface area contributed by atoms with Crippen molar-refractivity contribution in [1.82, 2.24) is 9.78 Å². The number of nitrogens with one attached hydrogen (secondary N) is 1. The lowest BCUT2D eigenvalue weighted by Crippen LogP contribution is -2.07. The lowest BCUT2D eigenvalue weighted by Gasteiger charge is -2.06. The third kappa shape index (κ3) is 3.75. The molecule has 0 aromatic carbocycles. The van der Waals surface area contributed by atoms with Crippen molar-refractivity contribution in [1.29, 1.82) is 5.26 Å². The van der Waals surface area contributed by atoms with Gasteiger partial charge in [0, 0.05) is 27.3 Å². The average Bonchev–Trinajstić information content (AvgIpc) is 2.58. The second kappa shape index (κ2) is 6.92. The zero-order valence-electron chi connectivity index (χ0n) is 10.8. The van der Waals surface area contributed by atoms with Gasteiger partial charge in [-0.15, -0.1) is 0 Å². The van der Waals surface area contributed by atoms with Crippen LogP contribution >= 0.6 is 0 Å². The first-order valence-corrected chi connectivity index (χ1v) is 5.87. The maximum Gasteiger partial charge on any atom is 0.142 e. The number of nitriles is 1. The first-order chi connectivity index (χ1) is 8.20. The van der Waals surface area contributed by atoms with Crippen molar-refractivity contribution in [2.45, 2.75) is 26.2 Å². The summed E-state index contributed by atoms with van der Waals surface area (Å²) in [5.41, 5.74) is 1.42. The fourth-order valence-electron chi connectivity index (χ4n) is 1.75. The second-order valence-electron chi connectivity index (χ2n) is 4.02. The van der Waals surface area contributed by atoms with Gasteiger partial charge in [-0.25, -0.2) is 0 Å². The van der Waals surface area contributed by atoms with Gasteiger partial charge in [-0.2, -0.15) is 10.4 Å². The van der Waals surface area contributed by atoms with E-state index in [4.69, 9.17) is 10.00 Å². The molecule has 0 aliphatic heterocycles. The molecule has 1 N–H and O–H groups in total. The number of nitrogens with zero attached hydrogens (tertiary/aromatic N) is 3. The Morgan fingerprint density at radius 2 is 2.18 bits per heavy atom. The van der Waals surface area contributed by atoms with Crippen LogP contribution in [-0.4, -0.2) is 30.0 Å². The predicted octanol–water partition coefficient (Wildman–Crippen LogP) is 1.83. The number of hydrogen-bond donors (Lipinski definition) is 1. The monoisotopic (exact) mass is 236 g/mol. The molecule has 0 saturated carbocycles. The summed E-state index contributed by atoms with van der Waals surface area (Å²) in [5, 5.41) is 16.5. The number of methoxy groups -OCH3 is 1. The number of unbranched alkanes of at least 4 members (excludes halogenated alkanes) is 2. The van der Waals surface area contributed by atoms with Crippen molar-refractivity contribution >= 4 is 5.82 Å². The van der Waals surface area contributed by atoms with Gasteiger partial charge in [0.1, 0.15) is 17.5 Å². The summed E-state index contributed by atoms with van der Waals surface area (Å²) >= 11 is 0. The van der Waals surface area contributed by atoms with Gasteiger partial charge in [0.25, 0.3) is 0 Å². The van der Waals surface area contributed by atoms with Crippen LogP contribution in [0.4, 0.5) is 5.82 Å². The van der Waals surface area contributed by atoms with E-state index >= 15 is 0 Å². The van der Waals surface area contributed by atoms with Crippen LogP contribution in [0.3, 0.4) is 0 Å². The van der Waals surface area contributed by atoms with Crippen LogP contribution in [0, 0.1) is 18.3 Å². The Bertz CT molecular complexity index is 392. The fourth-order valence-corrected chi connectivity index (χ4v) is 1.75. The summed E-state index contributed by atoms with van der Waals surface area (Å²) in [4.78, 5) is 0. The van der Waals surface area contributed by atoms with Crippen LogP contribution in [0.25, 0.3) is 0 Å². The van der Waals surface area contributed by atoms with Crippen molar-refractivity contribution in [3.8, 4) is 6.07 Å². The molecule has 0 unspecified atom stereocenters. The maximum atomic E-state index is 9.03. The predicted molar refractivity (Wildman–Crippen MR) is 66.9 cm³/mol.